The molecular weight excluding hydrogens is 398 g/mol. The van der Waals surface area contributed by atoms with Crippen LogP contribution in [-0.4, -0.2) is 28.2 Å². The number of nitriles is 1. The van der Waals surface area contributed by atoms with E-state index in [2.05, 4.69) is 26.7 Å². The molecule has 1 aliphatic heterocycles. The summed E-state index contributed by atoms with van der Waals surface area (Å²) in [6, 6.07) is 4.67. The van der Waals surface area contributed by atoms with Crippen molar-refractivity contribution in [3.8, 4) is 6.07 Å². The van der Waals surface area contributed by atoms with E-state index in [1.807, 2.05) is 6.92 Å². The van der Waals surface area contributed by atoms with Crippen LogP contribution < -0.4 is 16.1 Å². The Labute approximate surface area is 171 Å². The fourth-order valence-electron chi connectivity index (χ4n) is 3.92. The first-order valence-corrected chi connectivity index (χ1v) is 9.56. The molecule has 2 heterocycles. The number of aromatic nitrogens is 2. The molecule has 0 unspecified atom stereocenters. The highest BCUT2D eigenvalue weighted by Crippen LogP contribution is 2.34. The summed E-state index contributed by atoms with van der Waals surface area (Å²) in [7, 11) is -1.60. The van der Waals surface area contributed by atoms with Gasteiger partial charge in [-0.15, -0.1) is 0 Å². The zero-order valence-corrected chi connectivity index (χ0v) is 16.1. The van der Waals surface area contributed by atoms with E-state index < -0.39 is 18.9 Å². The minimum Gasteiger partial charge on any atom is -0.423 e. The molecule has 30 heavy (non-hydrogen) atoms. The zero-order chi connectivity index (χ0) is 21.5. The average Bonchev–Trinajstić information content (AvgIpc) is 3.29. The summed E-state index contributed by atoms with van der Waals surface area (Å²) in [4.78, 5) is 8.55. The van der Waals surface area contributed by atoms with E-state index in [9.17, 15) is 23.5 Å². The molecular formula is C19H19BF3N5O2. The van der Waals surface area contributed by atoms with Crippen molar-refractivity contribution in [2.24, 2.45) is 5.92 Å². The third kappa shape index (κ3) is 3.93. The van der Waals surface area contributed by atoms with Gasteiger partial charge in [0.2, 0.25) is 5.95 Å². The van der Waals surface area contributed by atoms with Crippen LogP contribution in [0.5, 0.6) is 0 Å². The Morgan fingerprint density at radius 1 is 1.33 bits per heavy atom. The number of hydrogen-bond acceptors (Lipinski definition) is 7. The number of halogens is 3. The van der Waals surface area contributed by atoms with Crippen LogP contribution in [-0.2, 0) is 17.4 Å². The molecule has 7 nitrogen and oxygen atoms in total. The van der Waals surface area contributed by atoms with Gasteiger partial charge in [0.15, 0.2) is 0 Å². The molecule has 0 amide bonds. The molecule has 0 spiro atoms. The molecule has 11 heteroatoms. The second-order valence-corrected chi connectivity index (χ2v) is 7.53. The van der Waals surface area contributed by atoms with Crippen molar-refractivity contribution in [1.29, 1.82) is 5.26 Å². The number of nitrogens with zero attached hydrogens (tertiary/aromatic N) is 3. The number of alkyl halides is 3. The van der Waals surface area contributed by atoms with E-state index in [1.165, 1.54) is 6.07 Å². The van der Waals surface area contributed by atoms with E-state index in [0.717, 1.165) is 30.9 Å². The van der Waals surface area contributed by atoms with Crippen molar-refractivity contribution in [2.45, 2.75) is 45.0 Å². The molecule has 4 rings (SSSR count). The Morgan fingerprint density at radius 2 is 2.13 bits per heavy atom. The first kappa shape index (κ1) is 20.4. The first-order valence-electron chi connectivity index (χ1n) is 9.56. The molecule has 0 saturated heterocycles. The average molecular weight is 417 g/mol. The van der Waals surface area contributed by atoms with Crippen molar-refractivity contribution in [1.82, 2.24) is 9.97 Å². The largest absolute Gasteiger partial charge is 0.492 e. The molecule has 2 aliphatic rings. The molecule has 3 N–H and O–H groups in total. The highest BCUT2D eigenvalue weighted by atomic mass is 19.4. The summed E-state index contributed by atoms with van der Waals surface area (Å²) < 4.78 is 45.4. The molecule has 0 radical (unpaired) electrons. The van der Waals surface area contributed by atoms with Crippen molar-refractivity contribution >= 4 is 30.0 Å². The van der Waals surface area contributed by atoms with Gasteiger partial charge in [0.25, 0.3) is 0 Å². The molecule has 2 atom stereocenters. The topological polar surface area (TPSA) is 103 Å². The predicted octanol–water partition coefficient (Wildman–Crippen LogP) is 2.87. The van der Waals surface area contributed by atoms with Crippen molar-refractivity contribution < 1.29 is 22.8 Å². The van der Waals surface area contributed by atoms with Crippen molar-refractivity contribution in [3.63, 3.8) is 0 Å². The fourth-order valence-corrected chi connectivity index (χ4v) is 3.92. The molecule has 156 valence electrons. The number of nitrogens with one attached hydrogen (secondary N) is 2. The summed E-state index contributed by atoms with van der Waals surface area (Å²) in [5.41, 5.74) is -0.0483. The van der Waals surface area contributed by atoms with Crippen LogP contribution in [0.15, 0.2) is 18.3 Å². The second-order valence-electron chi connectivity index (χ2n) is 7.53. The Hall–Kier alpha value is -2.84. The summed E-state index contributed by atoms with van der Waals surface area (Å²) in [5.74, 6) is 0.561. The number of benzene rings is 1. The molecule has 1 saturated carbocycles. The number of rotatable bonds is 4. The van der Waals surface area contributed by atoms with Crippen LogP contribution in [0.2, 0.25) is 0 Å². The SMILES string of the molecule is Cc1cnc(Nc2cc3c(c(C(F)(F)F)c2)B(O)OC3)nc1N[C@@H]1CCC[C@H]1C#N. The Balaban J connectivity index is 1.62. The highest BCUT2D eigenvalue weighted by molar-refractivity contribution is 6.62. The minimum absolute atomic E-state index is 0.0214. The van der Waals surface area contributed by atoms with E-state index in [-0.39, 0.29) is 41.2 Å². The third-order valence-electron chi connectivity index (χ3n) is 5.45. The maximum absolute atomic E-state index is 13.5. The lowest BCUT2D eigenvalue weighted by molar-refractivity contribution is -0.136. The van der Waals surface area contributed by atoms with Crippen LogP contribution in [0.3, 0.4) is 0 Å². The van der Waals surface area contributed by atoms with Gasteiger partial charge in [0.05, 0.1) is 24.2 Å². The summed E-state index contributed by atoms with van der Waals surface area (Å²) in [6.45, 7) is 1.70. The lowest BCUT2D eigenvalue weighted by Crippen LogP contribution is -2.34. The Morgan fingerprint density at radius 3 is 2.87 bits per heavy atom. The number of aryl methyl sites for hydroxylation is 1. The van der Waals surface area contributed by atoms with Gasteiger partial charge in [-0.1, -0.05) is 0 Å². The van der Waals surface area contributed by atoms with Crippen LogP contribution in [0.25, 0.3) is 0 Å². The van der Waals surface area contributed by atoms with Gasteiger partial charge in [0.1, 0.15) is 5.82 Å². The van der Waals surface area contributed by atoms with E-state index >= 15 is 0 Å². The summed E-state index contributed by atoms with van der Waals surface area (Å²) in [5, 5.41) is 25.1. The van der Waals surface area contributed by atoms with E-state index in [4.69, 9.17) is 4.65 Å². The fraction of sp³-hybridized carbons (Fsp3) is 0.421. The van der Waals surface area contributed by atoms with Gasteiger partial charge in [-0.25, -0.2) is 4.98 Å². The maximum Gasteiger partial charge on any atom is 0.492 e. The number of fused-ring (bicyclic) bond motifs is 1. The van der Waals surface area contributed by atoms with E-state index in [0.29, 0.717) is 5.82 Å². The summed E-state index contributed by atoms with van der Waals surface area (Å²) >= 11 is 0. The number of hydrogen-bond donors (Lipinski definition) is 3. The highest BCUT2D eigenvalue weighted by Gasteiger charge is 2.41. The van der Waals surface area contributed by atoms with Crippen molar-refractivity contribution in [3.05, 3.63) is 35.0 Å². The van der Waals surface area contributed by atoms with E-state index in [1.54, 1.807) is 6.20 Å². The minimum atomic E-state index is -4.65. The van der Waals surface area contributed by atoms with Crippen LogP contribution in [0.4, 0.5) is 30.6 Å². The Bertz CT molecular complexity index is 1010. The first-order chi connectivity index (χ1) is 14.3. The predicted molar refractivity (Wildman–Crippen MR) is 104 cm³/mol. The van der Waals surface area contributed by atoms with Gasteiger partial charge in [-0.05, 0) is 43.9 Å². The lowest BCUT2D eigenvalue weighted by atomic mass is 9.75. The quantitative estimate of drug-likeness (QED) is 0.658. The normalized spacial score (nSPS) is 20.7. The van der Waals surface area contributed by atoms with Gasteiger partial charge in [0, 0.05) is 29.0 Å². The lowest BCUT2D eigenvalue weighted by Gasteiger charge is -2.19. The maximum atomic E-state index is 13.5. The molecule has 1 aliphatic carbocycles. The van der Waals surface area contributed by atoms with Gasteiger partial charge in [-0.2, -0.15) is 23.4 Å². The second kappa shape index (κ2) is 7.77. The van der Waals surface area contributed by atoms with Gasteiger partial charge in [-0.3, -0.25) is 0 Å². The van der Waals surface area contributed by atoms with Crippen LogP contribution in [0, 0.1) is 24.2 Å². The van der Waals surface area contributed by atoms with Crippen molar-refractivity contribution in [2.75, 3.05) is 10.6 Å². The molecule has 1 aromatic carbocycles. The molecule has 1 aromatic heterocycles. The van der Waals surface area contributed by atoms with Crippen LogP contribution in [0.1, 0.15) is 36.0 Å². The molecule has 0 bridgehead atoms. The number of anilines is 3. The Kier molecular flexibility index (Phi) is 5.30. The standard InChI is InChI=1S/C19H19BF3N5O2/c1-10-8-25-18(28-17(10)27-15-4-2-3-11(15)7-24)26-13-5-12-9-30-20(29)16(12)14(6-13)19(21,22)23/h5-6,8,11,15,29H,2-4,9H2,1H3,(H2,25,26,27,28)/t11-,15+/m0/s1. The van der Waals surface area contributed by atoms with Crippen LogP contribution >= 0.6 is 0 Å². The summed E-state index contributed by atoms with van der Waals surface area (Å²) in [6.07, 6.45) is -0.446. The third-order valence-corrected chi connectivity index (χ3v) is 5.45. The smallest absolute Gasteiger partial charge is 0.423 e. The van der Waals surface area contributed by atoms with Gasteiger partial charge >= 0.3 is 13.3 Å². The monoisotopic (exact) mass is 417 g/mol. The molecule has 2 aromatic rings. The molecule has 1 fully saturated rings. The zero-order valence-electron chi connectivity index (χ0n) is 16.1. The van der Waals surface area contributed by atoms with Gasteiger partial charge < -0.3 is 20.3 Å².